The maximum absolute atomic E-state index is 13.1. The summed E-state index contributed by atoms with van der Waals surface area (Å²) in [6, 6.07) is 26.6. The molecule has 0 unspecified atom stereocenters. The Morgan fingerprint density at radius 2 is 1.31 bits per heavy atom. The van der Waals surface area contributed by atoms with E-state index < -0.39 is 0 Å². The SMILES string of the molecule is CCN(C(=O)CCC(=O)c1ccc(Cl)cc1)C(c1ccccc1)c1ccccc1. The lowest BCUT2D eigenvalue weighted by Crippen LogP contribution is -2.35. The van der Waals surface area contributed by atoms with E-state index in [4.69, 9.17) is 11.6 Å². The van der Waals surface area contributed by atoms with Crippen LogP contribution in [0.25, 0.3) is 0 Å². The molecule has 3 nitrogen and oxygen atoms in total. The average molecular weight is 406 g/mol. The van der Waals surface area contributed by atoms with E-state index in [1.807, 2.05) is 72.5 Å². The van der Waals surface area contributed by atoms with Crippen LogP contribution in [0.4, 0.5) is 0 Å². The van der Waals surface area contributed by atoms with Crippen LogP contribution >= 0.6 is 11.6 Å². The molecule has 0 bridgehead atoms. The highest BCUT2D eigenvalue weighted by molar-refractivity contribution is 6.30. The van der Waals surface area contributed by atoms with Gasteiger partial charge >= 0.3 is 0 Å². The molecular formula is C25H24ClNO2. The van der Waals surface area contributed by atoms with E-state index in [2.05, 4.69) is 0 Å². The van der Waals surface area contributed by atoms with Crippen LogP contribution in [0.15, 0.2) is 84.9 Å². The summed E-state index contributed by atoms with van der Waals surface area (Å²) in [4.78, 5) is 27.4. The maximum Gasteiger partial charge on any atom is 0.223 e. The predicted molar refractivity (Wildman–Crippen MR) is 117 cm³/mol. The summed E-state index contributed by atoms with van der Waals surface area (Å²) in [5, 5.41) is 0.586. The molecule has 0 saturated heterocycles. The van der Waals surface area contributed by atoms with Crippen molar-refractivity contribution in [2.24, 2.45) is 0 Å². The standard InChI is InChI=1S/C25H24ClNO2/c1-2-27(24(29)18-17-23(28)19-13-15-22(26)16-14-19)25(20-9-5-3-6-10-20)21-11-7-4-8-12-21/h3-16,25H,2,17-18H2,1H3. The van der Waals surface area contributed by atoms with E-state index in [1.165, 1.54) is 0 Å². The first-order chi connectivity index (χ1) is 14.1. The Bertz CT molecular complexity index is 900. The molecule has 0 heterocycles. The van der Waals surface area contributed by atoms with Gasteiger partial charge in [-0.15, -0.1) is 0 Å². The van der Waals surface area contributed by atoms with E-state index in [0.29, 0.717) is 17.1 Å². The van der Waals surface area contributed by atoms with Crippen LogP contribution in [0, 0.1) is 0 Å². The molecular weight excluding hydrogens is 382 g/mol. The van der Waals surface area contributed by atoms with Crippen molar-refractivity contribution in [3.8, 4) is 0 Å². The molecule has 0 spiro atoms. The number of carbonyl (C=O) groups is 2. The van der Waals surface area contributed by atoms with Gasteiger partial charge in [-0.1, -0.05) is 72.3 Å². The summed E-state index contributed by atoms with van der Waals surface area (Å²) in [7, 11) is 0. The molecule has 148 valence electrons. The molecule has 0 N–H and O–H groups in total. The van der Waals surface area contributed by atoms with Gasteiger partial charge in [-0.25, -0.2) is 0 Å². The number of carbonyl (C=O) groups excluding carboxylic acids is 2. The van der Waals surface area contributed by atoms with Crippen molar-refractivity contribution in [3.05, 3.63) is 107 Å². The Hall–Kier alpha value is -2.91. The second kappa shape index (κ2) is 10.0. The van der Waals surface area contributed by atoms with Crippen LogP contribution in [0.5, 0.6) is 0 Å². The fourth-order valence-corrected chi connectivity index (χ4v) is 3.60. The molecule has 3 aromatic carbocycles. The van der Waals surface area contributed by atoms with E-state index in [1.54, 1.807) is 24.3 Å². The number of Topliss-reactive ketones (excluding diaryl/α,β-unsaturated/α-hetero) is 1. The van der Waals surface area contributed by atoms with Gasteiger partial charge in [-0.05, 0) is 42.3 Å². The average Bonchev–Trinajstić information content (AvgIpc) is 2.77. The molecule has 0 atom stereocenters. The molecule has 0 aliphatic carbocycles. The van der Waals surface area contributed by atoms with Crippen LogP contribution in [0.2, 0.25) is 5.02 Å². The normalized spacial score (nSPS) is 10.7. The van der Waals surface area contributed by atoms with Crippen molar-refractivity contribution in [1.29, 1.82) is 0 Å². The lowest BCUT2D eigenvalue weighted by atomic mass is 9.96. The number of nitrogens with zero attached hydrogens (tertiary/aromatic N) is 1. The first kappa shape index (κ1) is 20.8. The zero-order valence-corrected chi connectivity index (χ0v) is 17.2. The molecule has 1 amide bonds. The van der Waals surface area contributed by atoms with Crippen molar-refractivity contribution in [2.45, 2.75) is 25.8 Å². The summed E-state index contributed by atoms with van der Waals surface area (Å²) >= 11 is 5.88. The van der Waals surface area contributed by atoms with Crippen molar-refractivity contribution in [2.75, 3.05) is 6.54 Å². The van der Waals surface area contributed by atoms with E-state index in [-0.39, 0.29) is 30.6 Å². The molecule has 4 heteroatoms. The number of ketones is 1. The van der Waals surface area contributed by atoms with Crippen molar-refractivity contribution < 1.29 is 9.59 Å². The minimum Gasteiger partial charge on any atom is -0.332 e. The topological polar surface area (TPSA) is 37.4 Å². The molecule has 0 aliphatic heterocycles. The minimum absolute atomic E-state index is 0.0347. The van der Waals surface area contributed by atoms with Gasteiger partial charge in [0.1, 0.15) is 0 Å². The van der Waals surface area contributed by atoms with E-state index in [0.717, 1.165) is 11.1 Å². The zero-order chi connectivity index (χ0) is 20.6. The number of rotatable bonds is 8. The molecule has 0 radical (unpaired) electrons. The number of hydrogen-bond donors (Lipinski definition) is 0. The monoisotopic (exact) mass is 405 g/mol. The van der Waals surface area contributed by atoms with Gasteiger partial charge in [-0.2, -0.15) is 0 Å². The summed E-state index contributed by atoms with van der Waals surface area (Å²) in [6.07, 6.45) is 0.346. The molecule has 0 saturated carbocycles. The fraction of sp³-hybridized carbons (Fsp3) is 0.200. The van der Waals surface area contributed by atoms with Crippen LogP contribution in [-0.4, -0.2) is 23.1 Å². The maximum atomic E-state index is 13.1. The van der Waals surface area contributed by atoms with Crippen LogP contribution < -0.4 is 0 Å². The smallest absolute Gasteiger partial charge is 0.223 e. The Balaban J connectivity index is 1.78. The second-order valence-corrected chi connectivity index (χ2v) is 7.27. The van der Waals surface area contributed by atoms with Gasteiger partial charge in [0.2, 0.25) is 5.91 Å². The number of benzene rings is 3. The quantitative estimate of drug-likeness (QED) is 0.435. The molecule has 3 aromatic rings. The number of halogens is 1. The number of hydrogen-bond acceptors (Lipinski definition) is 2. The molecule has 0 aliphatic rings. The summed E-state index contributed by atoms with van der Waals surface area (Å²) in [6.45, 7) is 2.53. The Kier molecular flexibility index (Phi) is 7.20. The van der Waals surface area contributed by atoms with Crippen LogP contribution in [0.1, 0.15) is 47.3 Å². The lowest BCUT2D eigenvalue weighted by molar-refractivity contribution is -0.132. The highest BCUT2D eigenvalue weighted by atomic mass is 35.5. The van der Waals surface area contributed by atoms with E-state index in [9.17, 15) is 9.59 Å². The van der Waals surface area contributed by atoms with Crippen LogP contribution in [0.3, 0.4) is 0 Å². The summed E-state index contributed by atoms with van der Waals surface area (Å²) in [5.74, 6) is -0.0884. The largest absolute Gasteiger partial charge is 0.332 e. The number of amides is 1. The van der Waals surface area contributed by atoms with Crippen LogP contribution in [-0.2, 0) is 4.79 Å². The highest BCUT2D eigenvalue weighted by Gasteiger charge is 2.25. The van der Waals surface area contributed by atoms with Gasteiger partial charge in [0, 0.05) is 30.0 Å². The lowest BCUT2D eigenvalue weighted by Gasteiger charge is -2.32. The zero-order valence-electron chi connectivity index (χ0n) is 16.4. The molecule has 29 heavy (non-hydrogen) atoms. The third-order valence-electron chi connectivity index (χ3n) is 4.94. The Morgan fingerprint density at radius 3 is 1.79 bits per heavy atom. The third-order valence-corrected chi connectivity index (χ3v) is 5.19. The molecule has 3 rings (SSSR count). The first-order valence-electron chi connectivity index (χ1n) is 9.78. The fourth-order valence-electron chi connectivity index (χ4n) is 3.47. The Morgan fingerprint density at radius 1 is 0.793 bits per heavy atom. The summed E-state index contributed by atoms with van der Waals surface area (Å²) in [5.41, 5.74) is 2.68. The molecule has 0 fully saturated rings. The van der Waals surface area contributed by atoms with Gasteiger partial charge in [0.25, 0.3) is 0 Å². The van der Waals surface area contributed by atoms with Gasteiger partial charge in [0.05, 0.1) is 6.04 Å². The minimum atomic E-state index is -0.180. The van der Waals surface area contributed by atoms with E-state index >= 15 is 0 Å². The van der Waals surface area contributed by atoms with Crippen molar-refractivity contribution in [1.82, 2.24) is 4.90 Å². The second-order valence-electron chi connectivity index (χ2n) is 6.83. The van der Waals surface area contributed by atoms with Crippen molar-refractivity contribution >= 4 is 23.3 Å². The predicted octanol–water partition coefficient (Wildman–Crippen LogP) is 5.94. The third kappa shape index (κ3) is 5.33. The van der Waals surface area contributed by atoms with Gasteiger partial charge in [0.15, 0.2) is 5.78 Å². The molecule has 0 aromatic heterocycles. The van der Waals surface area contributed by atoms with Gasteiger partial charge < -0.3 is 4.90 Å². The first-order valence-corrected chi connectivity index (χ1v) is 10.2. The Labute approximate surface area is 176 Å². The summed E-state index contributed by atoms with van der Waals surface area (Å²) < 4.78 is 0. The van der Waals surface area contributed by atoms with Gasteiger partial charge in [-0.3, -0.25) is 9.59 Å². The van der Waals surface area contributed by atoms with Crippen molar-refractivity contribution in [3.63, 3.8) is 0 Å². The highest BCUT2D eigenvalue weighted by Crippen LogP contribution is 2.29.